The van der Waals surface area contributed by atoms with Gasteiger partial charge in [-0.1, -0.05) is 60.2 Å². The van der Waals surface area contributed by atoms with Gasteiger partial charge in [-0.25, -0.2) is 9.59 Å². The summed E-state index contributed by atoms with van der Waals surface area (Å²) in [5, 5.41) is 14.7. The second-order valence-corrected chi connectivity index (χ2v) is 9.07. The SMILES string of the molecule is CC(C)=CCC(NC(=O)C1OCCC1NC(=O)OCC1c2ccccc2-c2ccccc21)C(=O)O. The van der Waals surface area contributed by atoms with Gasteiger partial charge in [-0.15, -0.1) is 0 Å². The van der Waals surface area contributed by atoms with Gasteiger partial charge in [0.2, 0.25) is 0 Å². The van der Waals surface area contributed by atoms with Gasteiger partial charge in [-0.2, -0.15) is 0 Å². The Balaban J connectivity index is 1.35. The minimum Gasteiger partial charge on any atom is -0.480 e. The molecule has 8 nitrogen and oxygen atoms in total. The normalized spacial score (nSPS) is 19.3. The Morgan fingerprint density at radius 1 is 1.09 bits per heavy atom. The minimum absolute atomic E-state index is 0.0709. The number of fused-ring (bicyclic) bond motifs is 3. The zero-order chi connectivity index (χ0) is 24.9. The summed E-state index contributed by atoms with van der Waals surface area (Å²) in [5.74, 6) is -1.77. The van der Waals surface area contributed by atoms with Crippen LogP contribution in [0, 0.1) is 0 Å². The van der Waals surface area contributed by atoms with Gasteiger partial charge >= 0.3 is 12.1 Å². The van der Waals surface area contributed by atoms with Gasteiger partial charge in [0.25, 0.3) is 5.91 Å². The first-order valence-electron chi connectivity index (χ1n) is 11.7. The molecule has 1 saturated heterocycles. The lowest BCUT2D eigenvalue weighted by Crippen LogP contribution is -2.52. The molecule has 1 aliphatic heterocycles. The van der Waals surface area contributed by atoms with Crippen LogP contribution < -0.4 is 10.6 Å². The third-order valence-corrected chi connectivity index (χ3v) is 6.37. The van der Waals surface area contributed by atoms with E-state index in [4.69, 9.17) is 9.47 Å². The van der Waals surface area contributed by atoms with E-state index >= 15 is 0 Å². The zero-order valence-electron chi connectivity index (χ0n) is 19.8. The molecule has 0 bridgehead atoms. The standard InChI is InChI=1S/C27H30N2O6/c1-16(2)11-12-23(26(31)32)28-25(30)24-22(13-14-34-24)29-27(33)35-15-21-19-9-5-3-7-17(19)18-8-4-6-10-20(18)21/h3-11,21-24H,12-15H2,1-2H3,(H,28,30)(H,29,33)(H,31,32). The number of carbonyl (C=O) groups excluding carboxylic acids is 2. The molecule has 2 aromatic rings. The van der Waals surface area contributed by atoms with Gasteiger partial charge in [0.15, 0.2) is 6.10 Å². The van der Waals surface area contributed by atoms with Crippen LogP contribution in [0.2, 0.25) is 0 Å². The average Bonchev–Trinajstić information content (AvgIpc) is 3.42. The molecule has 0 spiro atoms. The Hall–Kier alpha value is -3.65. The van der Waals surface area contributed by atoms with Crippen molar-refractivity contribution in [2.45, 2.75) is 50.8 Å². The molecule has 184 valence electrons. The summed E-state index contributed by atoms with van der Waals surface area (Å²) in [4.78, 5) is 36.9. The van der Waals surface area contributed by atoms with E-state index in [9.17, 15) is 19.5 Å². The number of rotatable bonds is 8. The molecule has 0 saturated carbocycles. The number of aliphatic carboxylic acids is 1. The van der Waals surface area contributed by atoms with E-state index < -0.39 is 36.2 Å². The molecule has 2 aromatic carbocycles. The topological polar surface area (TPSA) is 114 Å². The van der Waals surface area contributed by atoms with Crippen molar-refractivity contribution in [1.29, 1.82) is 0 Å². The number of allylic oxidation sites excluding steroid dienone is 1. The van der Waals surface area contributed by atoms with E-state index in [0.29, 0.717) is 6.42 Å². The maximum Gasteiger partial charge on any atom is 0.407 e. The second-order valence-electron chi connectivity index (χ2n) is 9.07. The van der Waals surface area contributed by atoms with Crippen LogP contribution in [0.25, 0.3) is 11.1 Å². The molecule has 35 heavy (non-hydrogen) atoms. The quantitative estimate of drug-likeness (QED) is 0.500. The molecule has 8 heteroatoms. The molecular formula is C27H30N2O6. The third-order valence-electron chi connectivity index (χ3n) is 6.37. The Morgan fingerprint density at radius 3 is 2.31 bits per heavy atom. The van der Waals surface area contributed by atoms with Gasteiger partial charge in [0.1, 0.15) is 12.6 Å². The zero-order valence-corrected chi connectivity index (χ0v) is 19.8. The molecule has 4 rings (SSSR count). The number of hydrogen-bond acceptors (Lipinski definition) is 5. The second kappa shape index (κ2) is 10.7. The monoisotopic (exact) mass is 478 g/mol. The lowest BCUT2D eigenvalue weighted by atomic mass is 9.98. The summed E-state index contributed by atoms with van der Waals surface area (Å²) in [6.45, 7) is 4.15. The highest BCUT2D eigenvalue weighted by atomic mass is 16.6. The number of nitrogens with one attached hydrogen (secondary N) is 2. The maximum atomic E-state index is 12.7. The van der Waals surface area contributed by atoms with E-state index in [2.05, 4.69) is 22.8 Å². The van der Waals surface area contributed by atoms with Crippen LogP contribution >= 0.6 is 0 Å². The number of benzene rings is 2. The van der Waals surface area contributed by atoms with Crippen molar-refractivity contribution in [3.8, 4) is 11.1 Å². The minimum atomic E-state index is -1.13. The van der Waals surface area contributed by atoms with Gasteiger partial charge in [0, 0.05) is 12.5 Å². The van der Waals surface area contributed by atoms with Crippen molar-refractivity contribution >= 4 is 18.0 Å². The summed E-state index contributed by atoms with van der Waals surface area (Å²) < 4.78 is 11.1. The Morgan fingerprint density at radius 2 is 1.71 bits per heavy atom. The Kier molecular flexibility index (Phi) is 7.51. The molecule has 2 aliphatic rings. The largest absolute Gasteiger partial charge is 0.480 e. The fourth-order valence-corrected chi connectivity index (χ4v) is 4.62. The van der Waals surface area contributed by atoms with E-state index in [1.807, 2.05) is 50.2 Å². The Bertz CT molecular complexity index is 1090. The molecule has 3 atom stereocenters. The average molecular weight is 479 g/mol. The van der Waals surface area contributed by atoms with Crippen molar-refractivity contribution < 1.29 is 29.0 Å². The summed E-state index contributed by atoms with van der Waals surface area (Å²) in [6, 6.07) is 14.5. The smallest absolute Gasteiger partial charge is 0.407 e. The van der Waals surface area contributed by atoms with Crippen LogP contribution in [0.1, 0.15) is 43.7 Å². The van der Waals surface area contributed by atoms with Crippen molar-refractivity contribution in [3.63, 3.8) is 0 Å². The summed E-state index contributed by atoms with van der Waals surface area (Å²) in [7, 11) is 0. The lowest BCUT2D eigenvalue weighted by molar-refractivity contribution is -0.143. The van der Waals surface area contributed by atoms with Crippen molar-refractivity contribution in [1.82, 2.24) is 10.6 Å². The maximum absolute atomic E-state index is 12.7. The first-order valence-corrected chi connectivity index (χ1v) is 11.7. The molecule has 1 fully saturated rings. The molecular weight excluding hydrogens is 448 g/mol. The molecule has 1 heterocycles. The van der Waals surface area contributed by atoms with Crippen LogP contribution in [0.5, 0.6) is 0 Å². The third kappa shape index (κ3) is 5.54. The Labute approximate surface area is 204 Å². The van der Waals surface area contributed by atoms with Crippen LogP contribution in [-0.2, 0) is 19.1 Å². The van der Waals surface area contributed by atoms with E-state index in [1.165, 1.54) is 0 Å². The first-order chi connectivity index (χ1) is 16.8. The first kappa shape index (κ1) is 24.5. The predicted molar refractivity (Wildman–Crippen MR) is 130 cm³/mol. The van der Waals surface area contributed by atoms with Gasteiger partial charge in [-0.3, -0.25) is 4.79 Å². The highest BCUT2D eigenvalue weighted by Gasteiger charge is 2.37. The van der Waals surface area contributed by atoms with Crippen LogP contribution in [0.4, 0.5) is 4.79 Å². The van der Waals surface area contributed by atoms with E-state index in [-0.39, 0.29) is 25.6 Å². The predicted octanol–water partition coefficient (Wildman–Crippen LogP) is 3.61. The van der Waals surface area contributed by atoms with Gasteiger partial charge in [0.05, 0.1) is 6.04 Å². The fraction of sp³-hybridized carbons (Fsp3) is 0.370. The van der Waals surface area contributed by atoms with Gasteiger partial charge in [-0.05, 0) is 48.9 Å². The van der Waals surface area contributed by atoms with E-state index in [1.54, 1.807) is 6.08 Å². The van der Waals surface area contributed by atoms with Crippen LogP contribution in [0.3, 0.4) is 0 Å². The number of carboxylic acids is 1. The fourth-order valence-electron chi connectivity index (χ4n) is 4.62. The molecule has 3 N–H and O–H groups in total. The van der Waals surface area contributed by atoms with Gasteiger partial charge < -0.3 is 25.2 Å². The lowest BCUT2D eigenvalue weighted by Gasteiger charge is -2.22. The summed E-state index contributed by atoms with van der Waals surface area (Å²) in [5.41, 5.74) is 5.45. The molecule has 2 amide bonds. The molecule has 0 radical (unpaired) electrons. The van der Waals surface area contributed by atoms with Crippen molar-refractivity contribution in [2.24, 2.45) is 0 Å². The number of ether oxygens (including phenoxy) is 2. The molecule has 3 unspecified atom stereocenters. The summed E-state index contributed by atoms with van der Waals surface area (Å²) >= 11 is 0. The molecule has 0 aromatic heterocycles. The van der Waals surface area contributed by atoms with Crippen molar-refractivity contribution in [2.75, 3.05) is 13.2 Å². The number of amides is 2. The van der Waals surface area contributed by atoms with E-state index in [0.717, 1.165) is 27.8 Å². The number of carboxylic acid groups (broad SMARTS) is 1. The number of alkyl carbamates (subject to hydrolysis) is 1. The van der Waals surface area contributed by atoms with Crippen LogP contribution in [0.15, 0.2) is 60.2 Å². The highest BCUT2D eigenvalue weighted by molar-refractivity contribution is 5.87. The van der Waals surface area contributed by atoms with Crippen molar-refractivity contribution in [3.05, 3.63) is 71.3 Å². The van der Waals surface area contributed by atoms with Crippen LogP contribution in [-0.4, -0.2) is 54.5 Å². The number of carbonyl (C=O) groups is 3. The number of hydrogen-bond donors (Lipinski definition) is 3. The summed E-state index contributed by atoms with van der Waals surface area (Å²) in [6.07, 6.45) is 0.721. The molecule has 1 aliphatic carbocycles. The highest BCUT2D eigenvalue weighted by Crippen LogP contribution is 2.44.